The van der Waals surface area contributed by atoms with Crippen LogP contribution in [0.5, 0.6) is 0 Å². The minimum absolute atomic E-state index is 0.0716. The first-order valence-corrected chi connectivity index (χ1v) is 11.5. The van der Waals surface area contributed by atoms with Crippen LogP contribution in [0.4, 0.5) is 0 Å². The average Bonchev–Trinajstić information content (AvgIpc) is 3.48. The Hall–Kier alpha value is -3.98. The number of carbonyl (C=O) groups excluding carboxylic acids is 1. The van der Waals surface area contributed by atoms with E-state index in [1.165, 1.54) is 11.8 Å². The lowest BCUT2D eigenvalue weighted by Crippen LogP contribution is -2.27. The standard InChI is InChI=1S/C24H21N7OS/c32-22(25-15-14-21-27-26-20-13-7-8-16-30(20)21)17-33-24-29-28-23(18-9-3-1-4-10-18)31(24)19-11-5-2-6-12-19/h1-13,16H,14-15,17H2,(H,25,32). The third-order valence-corrected chi connectivity index (χ3v) is 6.00. The van der Waals surface area contributed by atoms with Gasteiger partial charge in [-0.3, -0.25) is 13.8 Å². The summed E-state index contributed by atoms with van der Waals surface area (Å²) in [6, 6.07) is 25.6. The third kappa shape index (κ3) is 4.63. The maximum absolute atomic E-state index is 12.5. The molecule has 0 unspecified atom stereocenters. The van der Waals surface area contributed by atoms with Gasteiger partial charge in [0.15, 0.2) is 16.6 Å². The van der Waals surface area contributed by atoms with E-state index in [-0.39, 0.29) is 11.7 Å². The van der Waals surface area contributed by atoms with E-state index in [0.29, 0.717) is 18.1 Å². The van der Waals surface area contributed by atoms with Crippen molar-refractivity contribution < 1.29 is 4.79 Å². The highest BCUT2D eigenvalue weighted by Crippen LogP contribution is 2.27. The normalized spacial score (nSPS) is 11.0. The molecule has 0 aliphatic carbocycles. The van der Waals surface area contributed by atoms with Crippen LogP contribution in [-0.2, 0) is 11.2 Å². The van der Waals surface area contributed by atoms with Crippen molar-refractivity contribution in [3.05, 3.63) is 90.9 Å². The molecule has 0 radical (unpaired) electrons. The molecule has 9 heteroatoms. The lowest BCUT2D eigenvalue weighted by atomic mass is 10.2. The number of para-hydroxylation sites is 1. The maximum atomic E-state index is 12.5. The quantitative estimate of drug-likeness (QED) is 0.361. The molecule has 1 N–H and O–H groups in total. The lowest BCUT2D eigenvalue weighted by molar-refractivity contribution is -0.118. The second kappa shape index (κ2) is 9.66. The van der Waals surface area contributed by atoms with Crippen molar-refractivity contribution in [1.82, 2.24) is 34.7 Å². The van der Waals surface area contributed by atoms with E-state index < -0.39 is 0 Å². The summed E-state index contributed by atoms with van der Waals surface area (Å²) in [6.07, 6.45) is 2.52. The Morgan fingerprint density at radius 2 is 1.61 bits per heavy atom. The first kappa shape index (κ1) is 20.9. The highest BCUT2D eigenvalue weighted by Gasteiger charge is 2.17. The topological polar surface area (TPSA) is 90.0 Å². The van der Waals surface area contributed by atoms with Crippen LogP contribution in [0.2, 0.25) is 0 Å². The van der Waals surface area contributed by atoms with Gasteiger partial charge in [0, 0.05) is 30.4 Å². The molecule has 3 heterocycles. The molecule has 1 amide bonds. The van der Waals surface area contributed by atoms with E-state index in [9.17, 15) is 4.79 Å². The number of benzene rings is 2. The minimum Gasteiger partial charge on any atom is -0.355 e. The summed E-state index contributed by atoms with van der Waals surface area (Å²) in [4.78, 5) is 12.5. The zero-order valence-corrected chi connectivity index (χ0v) is 18.5. The molecule has 0 saturated heterocycles. The summed E-state index contributed by atoms with van der Waals surface area (Å²) in [5.74, 6) is 1.72. The summed E-state index contributed by atoms with van der Waals surface area (Å²) < 4.78 is 3.91. The summed E-state index contributed by atoms with van der Waals surface area (Å²) in [5, 5.41) is 20.7. The van der Waals surface area contributed by atoms with Gasteiger partial charge in [0.25, 0.3) is 0 Å². The fraction of sp³-hybridized carbons (Fsp3) is 0.125. The second-order valence-corrected chi connectivity index (χ2v) is 8.22. The molecule has 3 aromatic heterocycles. The maximum Gasteiger partial charge on any atom is 0.230 e. The smallest absolute Gasteiger partial charge is 0.230 e. The zero-order valence-electron chi connectivity index (χ0n) is 17.7. The van der Waals surface area contributed by atoms with Crippen molar-refractivity contribution in [3.8, 4) is 17.1 Å². The second-order valence-electron chi connectivity index (χ2n) is 7.28. The molecular formula is C24H21N7OS. The molecule has 5 rings (SSSR count). The number of fused-ring (bicyclic) bond motifs is 1. The number of nitrogens with one attached hydrogen (secondary N) is 1. The summed E-state index contributed by atoms with van der Waals surface area (Å²) in [5.41, 5.74) is 2.71. The van der Waals surface area contributed by atoms with E-state index in [1.807, 2.05) is 94.0 Å². The number of carbonyl (C=O) groups is 1. The Morgan fingerprint density at radius 1 is 0.848 bits per heavy atom. The largest absolute Gasteiger partial charge is 0.355 e. The third-order valence-electron chi connectivity index (χ3n) is 5.07. The van der Waals surface area contributed by atoms with E-state index in [1.54, 1.807) is 0 Å². The molecule has 0 spiro atoms. The number of hydrogen-bond acceptors (Lipinski definition) is 6. The lowest BCUT2D eigenvalue weighted by Gasteiger charge is -2.10. The minimum atomic E-state index is -0.0716. The molecule has 0 bridgehead atoms. The molecule has 0 saturated carbocycles. The predicted molar refractivity (Wildman–Crippen MR) is 127 cm³/mol. The van der Waals surface area contributed by atoms with Gasteiger partial charge in [-0.25, -0.2) is 0 Å². The van der Waals surface area contributed by atoms with Crippen molar-refractivity contribution in [1.29, 1.82) is 0 Å². The first-order chi connectivity index (χ1) is 16.3. The van der Waals surface area contributed by atoms with Crippen LogP contribution < -0.4 is 5.32 Å². The summed E-state index contributed by atoms with van der Waals surface area (Å²) >= 11 is 1.36. The first-order valence-electron chi connectivity index (χ1n) is 10.5. The zero-order chi connectivity index (χ0) is 22.5. The summed E-state index contributed by atoms with van der Waals surface area (Å²) in [6.45, 7) is 0.482. The van der Waals surface area contributed by atoms with Gasteiger partial charge in [-0.2, -0.15) is 0 Å². The molecule has 2 aromatic carbocycles. The molecule has 0 atom stereocenters. The van der Waals surface area contributed by atoms with Gasteiger partial charge < -0.3 is 5.32 Å². The number of amides is 1. The van der Waals surface area contributed by atoms with Crippen LogP contribution in [0.3, 0.4) is 0 Å². The van der Waals surface area contributed by atoms with Crippen LogP contribution in [0.15, 0.2) is 90.2 Å². The van der Waals surface area contributed by atoms with Gasteiger partial charge in [-0.15, -0.1) is 20.4 Å². The number of pyridine rings is 1. The van der Waals surface area contributed by atoms with Gasteiger partial charge in [0.05, 0.1) is 5.75 Å². The Balaban J connectivity index is 1.25. The van der Waals surface area contributed by atoms with Crippen molar-refractivity contribution in [3.63, 3.8) is 0 Å². The van der Waals surface area contributed by atoms with E-state index in [4.69, 9.17) is 0 Å². The Bertz CT molecular complexity index is 1370. The van der Waals surface area contributed by atoms with Gasteiger partial charge in [0.2, 0.25) is 5.91 Å². The van der Waals surface area contributed by atoms with Crippen molar-refractivity contribution in [2.75, 3.05) is 12.3 Å². The monoisotopic (exact) mass is 455 g/mol. The fourth-order valence-electron chi connectivity index (χ4n) is 3.50. The number of aromatic nitrogens is 6. The van der Waals surface area contributed by atoms with Crippen LogP contribution in [0, 0.1) is 0 Å². The number of nitrogens with zero attached hydrogens (tertiary/aromatic N) is 6. The van der Waals surface area contributed by atoms with E-state index in [2.05, 4.69) is 25.7 Å². The highest BCUT2D eigenvalue weighted by molar-refractivity contribution is 7.99. The number of hydrogen-bond donors (Lipinski definition) is 1. The van der Waals surface area contributed by atoms with Gasteiger partial charge in [-0.05, 0) is 24.3 Å². The Kier molecular flexibility index (Phi) is 6.12. The SMILES string of the molecule is O=C(CSc1nnc(-c2ccccc2)n1-c1ccccc1)NCCc1nnc2ccccn12. The highest BCUT2D eigenvalue weighted by atomic mass is 32.2. The van der Waals surface area contributed by atoms with Crippen molar-refractivity contribution in [2.45, 2.75) is 11.6 Å². The molecular weight excluding hydrogens is 434 g/mol. The predicted octanol–water partition coefficient (Wildman–Crippen LogP) is 3.43. The van der Waals surface area contributed by atoms with Crippen LogP contribution in [-0.4, -0.2) is 47.6 Å². The molecule has 0 aliphatic heterocycles. The van der Waals surface area contributed by atoms with E-state index >= 15 is 0 Å². The van der Waals surface area contributed by atoms with Crippen LogP contribution >= 0.6 is 11.8 Å². The van der Waals surface area contributed by atoms with Crippen LogP contribution in [0.1, 0.15) is 5.82 Å². The van der Waals surface area contributed by atoms with Crippen molar-refractivity contribution >= 4 is 23.3 Å². The van der Waals surface area contributed by atoms with Crippen LogP contribution in [0.25, 0.3) is 22.7 Å². The molecule has 8 nitrogen and oxygen atoms in total. The molecule has 5 aromatic rings. The Labute approximate surface area is 194 Å². The average molecular weight is 456 g/mol. The summed E-state index contributed by atoms with van der Waals surface area (Å²) in [7, 11) is 0. The molecule has 0 fully saturated rings. The van der Waals surface area contributed by atoms with E-state index in [0.717, 1.165) is 28.5 Å². The fourth-order valence-corrected chi connectivity index (χ4v) is 4.29. The number of rotatable bonds is 8. The van der Waals surface area contributed by atoms with Gasteiger partial charge >= 0.3 is 0 Å². The molecule has 33 heavy (non-hydrogen) atoms. The van der Waals surface area contributed by atoms with Gasteiger partial charge in [0.1, 0.15) is 5.82 Å². The molecule has 0 aliphatic rings. The number of thioether (sulfide) groups is 1. The van der Waals surface area contributed by atoms with Crippen molar-refractivity contribution in [2.24, 2.45) is 0 Å². The van der Waals surface area contributed by atoms with Gasteiger partial charge in [-0.1, -0.05) is 66.4 Å². The Morgan fingerprint density at radius 3 is 2.42 bits per heavy atom. The molecule has 164 valence electrons.